The first kappa shape index (κ1) is 25.5. The molecule has 0 fully saturated rings. The van der Waals surface area contributed by atoms with Gasteiger partial charge in [-0.25, -0.2) is 13.2 Å². The summed E-state index contributed by atoms with van der Waals surface area (Å²) in [6.07, 6.45) is 3.06. The molecule has 0 saturated carbocycles. The van der Waals surface area contributed by atoms with Crippen molar-refractivity contribution in [3.05, 3.63) is 82.9 Å². The van der Waals surface area contributed by atoms with Crippen LogP contribution in [0.15, 0.2) is 42.5 Å². The zero-order chi connectivity index (χ0) is 26.0. The van der Waals surface area contributed by atoms with Crippen molar-refractivity contribution in [1.29, 1.82) is 0 Å². The molecule has 3 aromatic carbocycles. The third-order valence-electron chi connectivity index (χ3n) is 6.09. The number of phenolic OH excluding ortho intramolecular Hbond substituents is 1. The molecular weight excluding hydrogens is 486 g/mol. The van der Waals surface area contributed by atoms with E-state index in [1.165, 1.54) is 6.07 Å². The van der Waals surface area contributed by atoms with Crippen LogP contribution in [0.1, 0.15) is 31.7 Å². The summed E-state index contributed by atoms with van der Waals surface area (Å²) >= 11 is 0. The summed E-state index contributed by atoms with van der Waals surface area (Å²) < 4.78 is 96.2. The highest BCUT2D eigenvalue weighted by molar-refractivity contribution is 5.68. The Labute approximate surface area is 203 Å². The van der Waals surface area contributed by atoms with Crippen LogP contribution >= 0.6 is 0 Å². The molecule has 0 heterocycles. The molecule has 1 atom stereocenters. The SMILES string of the molecule is CCOc1ccc(-c2ccc(OCC3CC=C(c4ccc(O)c(F)c4F)CC3)c(F)c2F)c(F)c1F. The van der Waals surface area contributed by atoms with Crippen LogP contribution in [0.3, 0.4) is 0 Å². The second kappa shape index (κ2) is 10.6. The summed E-state index contributed by atoms with van der Waals surface area (Å²) in [5.41, 5.74) is -0.283. The third-order valence-corrected chi connectivity index (χ3v) is 6.09. The van der Waals surface area contributed by atoms with E-state index >= 15 is 0 Å². The highest BCUT2D eigenvalue weighted by atomic mass is 19.2. The van der Waals surface area contributed by atoms with E-state index in [0.717, 1.165) is 30.3 Å². The smallest absolute Gasteiger partial charge is 0.201 e. The fourth-order valence-corrected chi connectivity index (χ4v) is 4.14. The average molecular weight is 508 g/mol. The van der Waals surface area contributed by atoms with Crippen molar-refractivity contribution >= 4 is 5.57 Å². The topological polar surface area (TPSA) is 38.7 Å². The van der Waals surface area contributed by atoms with E-state index in [9.17, 15) is 31.4 Å². The molecule has 4 rings (SSSR count). The summed E-state index contributed by atoms with van der Waals surface area (Å²) in [6, 6.07) is 6.87. The minimum atomic E-state index is -1.38. The second-order valence-corrected chi connectivity index (χ2v) is 8.35. The minimum absolute atomic E-state index is 0.0257. The Morgan fingerprint density at radius 3 is 1.83 bits per heavy atom. The van der Waals surface area contributed by atoms with E-state index in [4.69, 9.17) is 9.47 Å². The molecule has 1 aliphatic carbocycles. The summed E-state index contributed by atoms with van der Waals surface area (Å²) in [4.78, 5) is 0. The molecule has 9 heteroatoms. The van der Waals surface area contributed by atoms with Gasteiger partial charge in [0.25, 0.3) is 0 Å². The average Bonchev–Trinajstić information content (AvgIpc) is 2.87. The number of aromatic hydroxyl groups is 1. The minimum Gasteiger partial charge on any atom is -0.505 e. The maximum atomic E-state index is 14.7. The molecule has 0 spiro atoms. The fourth-order valence-electron chi connectivity index (χ4n) is 4.14. The van der Waals surface area contributed by atoms with Crippen LogP contribution in [0.4, 0.5) is 26.3 Å². The Balaban J connectivity index is 1.45. The lowest BCUT2D eigenvalue weighted by Gasteiger charge is -2.23. The van der Waals surface area contributed by atoms with Gasteiger partial charge in [0.1, 0.15) is 0 Å². The Bertz CT molecular complexity index is 1320. The summed E-state index contributed by atoms with van der Waals surface area (Å²) in [5.74, 6) is -9.40. The van der Waals surface area contributed by atoms with Gasteiger partial charge in [-0.05, 0) is 74.1 Å². The summed E-state index contributed by atoms with van der Waals surface area (Å²) in [5, 5.41) is 9.27. The van der Waals surface area contributed by atoms with Gasteiger partial charge in [-0.1, -0.05) is 6.08 Å². The molecule has 0 aromatic heterocycles. The van der Waals surface area contributed by atoms with Gasteiger partial charge in [0.05, 0.1) is 13.2 Å². The Hall–Kier alpha value is -3.62. The van der Waals surface area contributed by atoms with Gasteiger partial charge in [0, 0.05) is 16.7 Å². The Kier molecular flexibility index (Phi) is 7.47. The van der Waals surface area contributed by atoms with Gasteiger partial charge in [-0.2, -0.15) is 13.2 Å². The highest BCUT2D eigenvalue weighted by Crippen LogP contribution is 2.36. The summed E-state index contributed by atoms with van der Waals surface area (Å²) in [7, 11) is 0. The largest absolute Gasteiger partial charge is 0.505 e. The van der Waals surface area contributed by atoms with E-state index in [1.54, 1.807) is 13.0 Å². The standard InChI is InChI=1S/C27H22F6O3/c1-2-35-20-11-8-17(23(29)26(20)32)18-9-12-21(27(33)24(18)30)36-13-14-3-5-15(6-4-14)16-7-10-19(34)25(31)22(16)28/h5,7-12,14,34H,2-4,6,13H2,1H3. The van der Waals surface area contributed by atoms with Crippen LogP contribution in [-0.4, -0.2) is 18.3 Å². The third kappa shape index (κ3) is 4.87. The van der Waals surface area contributed by atoms with E-state index < -0.39 is 51.8 Å². The van der Waals surface area contributed by atoms with Gasteiger partial charge in [0.2, 0.25) is 17.5 Å². The number of hydrogen-bond acceptors (Lipinski definition) is 3. The van der Waals surface area contributed by atoms with Crippen molar-refractivity contribution in [2.24, 2.45) is 5.92 Å². The van der Waals surface area contributed by atoms with Gasteiger partial charge < -0.3 is 14.6 Å². The van der Waals surface area contributed by atoms with Crippen molar-refractivity contribution < 1.29 is 40.9 Å². The lowest BCUT2D eigenvalue weighted by atomic mass is 9.87. The Morgan fingerprint density at radius 2 is 1.28 bits per heavy atom. The van der Waals surface area contributed by atoms with Crippen molar-refractivity contribution in [1.82, 2.24) is 0 Å². The van der Waals surface area contributed by atoms with Crippen LogP contribution in [0, 0.1) is 40.8 Å². The molecule has 0 amide bonds. The number of halogens is 6. The first-order chi connectivity index (χ1) is 17.2. The lowest BCUT2D eigenvalue weighted by molar-refractivity contribution is 0.228. The monoisotopic (exact) mass is 508 g/mol. The van der Waals surface area contributed by atoms with E-state index in [2.05, 4.69) is 0 Å². The molecule has 0 aliphatic heterocycles. The molecule has 0 saturated heterocycles. The van der Waals surface area contributed by atoms with Crippen LogP contribution < -0.4 is 9.47 Å². The first-order valence-electron chi connectivity index (χ1n) is 11.3. The second-order valence-electron chi connectivity index (χ2n) is 8.35. The van der Waals surface area contributed by atoms with Crippen molar-refractivity contribution in [3.8, 4) is 28.4 Å². The van der Waals surface area contributed by atoms with E-state index in [-0.39, 0.29) is 36.2 Å². The van der Waals surface area contributed by atoms with Crippen LogP contribution in [-0.2, 0) is 0 Å². The van der Waals surface area contributed by atoms with Crippen molar-refractivity contribution in [3.63, 3.8) is 0 Å². The molecule has 1 unspecified atom stereocenters. The lowest BCUT2D eigenvalue weighted by Crippen LogP contribution is -2.15. The quantitative estimate of drug-likeness (QED) is 0.335. The van der Waals surface area contributed by atoms with Crippen LogP contribution in [0.25, 0.3) is 16.7 Å². The van der Waals surface area contributed by atoms with Crippen LogP contribution in [0.5, 0.6) is 17.2 Å². The molecule has 0 bridgehead atoms. The molecule has 0 radical (unpaired) electrons. The molecule has 36 heavy (non-hydrogen) atoms. The van der Waals surface area contributed by atoms with Crippen molar-refractivity contribution in [2.45, 2.75) is 26.2 Å². The molecular formula is C27H22F6O3. The number of benzene rings is 3. The zero-order valence-corrected chi connectivity index (χ0v) is 19.2. The molecule has 3 aromatic rings. The number of rotatable bonds is 7. The normalized spacial score (nSPS) is 15.5. The fraction of sp³-hybridized carbons (Fsp3) is 0.259. The summed E-state index contributed by atoms with van der Waals surface area (Å²) in [6.45, 7) is 1.73. The number of ether oxygens (including phenoxy) is 2. The molecule has 1 aliphatic rings. The number of phenols is 1. The number of hydrogen-bond donors (Lipinski definition) is 1. The van der Waals surface area contributed by atoms with Gasteiger partial charge in [0.15, 0.2) is 34.7 Å². The molecule has 190 valence electrons. The molecule has 1 N–H and O–H groups in total. The Morgan fingerprint density at radius 1 is 0.722 bits per heavy atom. The predicted octanol–water partition coefficient (Wildman–Crippen LogP) is 7.56. The first-order valence-corrected chi connectivity index (χ1v) is 11.3. The maximum Gasteiger partial charge on any atom is 0.201 e. The van der Waals surface area contributed by atoms with Gasteiger partial charge >= 0.3 is 0 Å². The highest BCUT2D eigenvalue weighted by Gasteiger charge is 2.24. The van der Waals surface area contributed by atoms with Gasteiger partial charge in [-0.3, -0.25) is 0 Å². The number of allylic oxidation sites excluding steroid dienone is 2. The van der Waals surface area contributed by atoms with E-state index in [0.29, 0.717) is 24.8 Å². The van der Waals surface area contributed by atoms with Crippen LogP contribution in [0.2, 0.25) is 0 Å². The van der Waals surface area contributed by atoms with Crippen molar-refractivity contribution in [2.75, 3.05) is 13.2 Å². The predicted molar refractivity (Wildman–Crippen MR) is 122 cm³/mol. The van der Waals surface area contributed by atoms with Gasteiger partial charge in [-0.15, -0.1) is 0 Å². The van der Waals surface area contributed by atoms with E-state index in [1.807, 2.05) is 0 Å². The molecule has 3 nitrogen and oxygen atoms in total. The maximum absolute atomic E-state index is 14.7. The zero-order valence-electron chi connectivity index (χ0n) is 19.2.